The number of rotatable bonds is 8. The second kappa shape index (κ2) is 9.00. The van der Waals surface area contributed by atoms with Crippen LogP contribution in [0.3, 0.4) is 0 Å². The topological polar surface area (TPSA) is 139 Å². The molecule has 1 atom stereocenters. The van der Waals surface area contributed by atoms with Crippen LogP contribution in [0.15, 0.2) is 48.5 Å². The molecule has 2 aromatic carbocycles. The molecule has 1 unspecified atom stereocenters. The molecule has 2 aromatic rings. The van der Waals surface area contributed by atoms with E-state index in [1.807, 2.05) is 6.07 Å². The third kappa shape index (κ3) is 4.95. The molecule has 0 heterocycles. The van der Waals surface area contributed by atoms with E-state index in [0.29, 0.717) is 26.0 Å². The molecule has 0 bridgehead atoms. The fourth-order valence-electron chi connectivity index (χ4n) is 2.29. The lowest BCUT2D eigenvalue weighted by atomic mass is 10.1. The number of hydrogen-bond donors (Lipinski definition) is 2. The van der Waals surface area contributed by atoms with Crippen molar-refractivity contribution in [2.24, 2.45) is 5.73 Å². The van der Waals surface area contributed by atoms with E-state index in [9.17, 15) is 17.2 Å². The van der Waals surface area contributed by atoms with E-state index in [1.54, 1.807) is 48.5 Å². The SMILES string of the molecule is N#Cc1ccccc1CNS(=O)(=O)N(Cc1ccccc1CN)S(=O)[O-]. The van der Waals surface area contributed by atoms with Crippen molar-refractivity contribution < 1.29 is 17.2 Å². The normalized spacial score (nSPS) is 12.7. The lowest BCUT2D eigenvalue weighted by molar-refractivity contribution is 0.455. The van der Waals surface area contributed by atoms with Crippen LogP contribution in [0.4, 0.5) is 0 Å². The van der Waals surface area contributed by atoms with Gasteiger partial charge in [-0.2, -0.15) is 18.4 Å². The van der Waals surface area contributed by atoms with Crippen LogP contribution in [-0.4, -0.2) is 20.9 Å². The average molecular weight is 393 g/mol. The van der Waals surface area contributed by atoms with Gasteiger partial charge in [0.1, 0.15) is 0 Å². The summed E-state index contributed by atoms with van der Waals surface area (Å²) in [4.78, 5) is 0. The highest BCUT2D eigenvalue weighted by Crippen LogP contribution is 2.15. The van der Waals surface area contributed by atoms with Crippen molar-refractivity contribution in [2.45, 2.75) is 19.6 Å². The Morgan fingerprint density at radius 3 is 2.27 bits per heavy atom. The van der Waals surface area contributed by atoms with E-state index in [0.717, 1.165) is 0 Å². The molecule has 3 N–H and O–H groups in total. The molecule has 0 radical (unpaired) electrons. The molecular formula is C16H17N4O4S2-. The van der Waals surface area contributed by atoms with Crippen LogP contribution in [0.25, 0.3) is 0 Å². The number of nitriles is 1. The lowest BCUT2D eigenvalue weighted by Crippen LogP contribution is -2.41. The Balaban J connectivity index is 2.22. The summed E-state index contributed by atoms with van der Waals surface area (Å²) in [5, 5.41) is 9.05. The van der Waals surface area contributed by atoms with E-state index in [2.05, 4.69) is 4.72 Å². The predicted octanol–water partition coefficient (Wildman–Crippen LogP) is 0.648. The van der Waals surface area contributed by atoms with Gasteiger partial charge >= 0.3 is 0 Å². The molecular weight excluding hydrogens is 376 g/mol. The highest BCUT2D eigenvalue weighted by molar-refractivity contribution is 7.98. The highest BCUT2D eigenvalue weighted by atomic mass is 32.3. The van der Waals surface area contributed by atoms with Gasteiger partial charge < -0.3 is 10.3 Å². The maximum absolute atomic E-state index is 12.5. The van der Waals surface area contributed by atoms with Gasteiger partial charge in [-0.3, -0.25) is 4.21 Å². The van der Waals surface area contributed by atoms with Crippen molar-refractivity contribution in [2.75, 3.05) is 0 Å². The first-order chi connectivity index (χ1) is 12.4. The van der Waals surface area contributed by atoms with Gasteiger partial charge in [-0.05, 0) is 22.8 Å². The number of nitrogens with one attached hydrogen (secondary N) is 1. The number of nitrogens with zero attached hydrogens (tertiary/aromatic N) is 2. The summed E-state index contributed by atoms with van der Waals surface area (Å²) in [6, 6.07) is 15.1. The van der Waals surface area contributed by atoms with Crippen LogP contribution in [0, 0.1) is 11.3 Å². The van der Waals surface area contributed by atoms with Gasteiger partial charge in [-0.1, -0.05) is 42.5 Å². The summed E-state index contributed by atoms with van der Waals surface area (Å²) in [7, 11) is -4.35. The van der Waals surface area contributed by atoms with Crippen LogP contribution in [-0.2, 0) is 41.1 Å². The zero-order valence-electron chi connectivity index (χ0n) is 13.7. The maximum atomic E-state index is 12.5. The highest BCUT2D eigenvalue weighted by Gasteiger charge is 2.24. The minimum atomic E-state index is -4.35. The van der Waals surface area contributed by atoms with Gasteiger partial charge in [-0.15, -0.1) is 3.71 Å². The molecule has 0 saturated heterocycles. The summed E-state index contributed by atoms with van der Waals surface area (Å²) >= 11 is -3.02. The average Bonchev–Trinajstić information content (AvgIpc) is 2.64. The molecule has 0 amide bonds. The Bertz CT molecular complexity index is 941. The molecule has 0 fully saturated rings. The number of nitrogens with two attached hydrogens (primary N) is 1. The fourth-order valence-corrected chi connectivity index (χ4v) is 4.13. The maximum Gasteiger partial charge on any atom is 0.290 e. The fraction of sp³-hybridized carbons (Fsp3) is 0.188. The van der Waals surface area contributed by atoms with E-state index in [4.69, 9.17) is 11.0 Å². The van der Waals surface area contributed by atoms with Crippen LogP contribution >= 0.6 is 0 Å². The first-order valence-electron chi connectivity index (χ1n) is 7.50. The smallest absolute Gasteiger partial charge is 0.290 e. The van der Waals surface area contributed by atoms with Crippen LogP contribution in [0.1, 0.15) is 22.3 Å². The van der Waals surface area contributed by atoms with Crippen molar-refractivity contribution >= 4 is 21.5 Å². The Kier molecular flexibility index (Phi) is 6.98. The first kappa shape index (κ1) is 20.2. The third-order valence-corrected chi connectivity index (χ3v) is 6.24. The first-order valence-corrected chi connectivity index (χ1v) is 9.97. The zero-order chi connectivity index (χ0) is 19.2. The summed E-state index contributed by atoms with van der Waals surface area (Å²) in [6.45, 7) is -0.435. The van der Waals surface area contributed by atoms with Gasteiger partial charge in [0.25, 0.3) is 10.2 Å². The standard InChI is InChI=1S/C16H18N4O4S2/c17-9-13-5-1-3-7-15(13)11-19-26(23,24)20(25(21)22)12-16-8-4-2-6-14(16)10-18/h1-8,19H,10-12,18H2,(H,21,22)/p-1. The minimum absolute atomic E-state index is 0.151. The van der Waals surface area contributed by atoms with Crippen LogP contribution in [0.2, 0.25) is 0 Å². The molecule has 26 heavy (non-hydrogen) atoms. The molecule has 0 aliphatic carbocycles. The van der Waals surface area contributed by atoms with E-state index >= 15 is 0 Å². The monoisotopic (exact) mass is 393 g/mol. The molecule has 0 aliphatic rings. The molecule has 2 rings (SSSR count). The molecule has 0 aromatic heterocycles. The molecule has 0 aliphatic heterocycles. The van der Waals surface area contributed by atoms with Crippen molar-refractivity contribution in [3.05, 3.63) is 70.8 Å². The Labute approximate surface area is 154 Å². The summed E-state index contributed by atoms with van der Waals surface area (Å²) < 4.78 is 50.5. The van der Waals surface area contributed by atoms with Gasteiger partial charge in [0.2, 0.25) is 0 Å². The number of benzene rings is 2. The molecule has 8 nitrogen and oxygen atoms in total. The van der Waals surface area contributed by atoms with Crippen LogP contribution in [0.5, 0.6) is 0 Å². The van der Waals surface area contributed by atoms with E-state index in [1.165, 1.54) is 0 Å². The Hall–Kier alpha value is -2.13. The summed E-state index contributed by atoms with van der Waals surface area (Å²) in [5.41, 5.74) is 7.49. The van der Waals surface area contributed by atoms with Gasteiger partial charge in [0, 0.05) is 24.4 Å². The van der Waals surface area contributed by atoms with E-state index < -0.39 is 21.5 Å². The van der Waals surface area contributed by atoms with Crippen LogP contribution < -0.4 is 10.5 Å². The molecule has 0 spiro atoms. The Morgan fingerprint density at radius 1 is 1.12 bits per heavy atom. The molecule has 10 heteroatoms. The van der Waals surface area contributed by atoms with E-state index in [-0.39, 0.29) is 19.6 Å². The van der Waals surface area contributed by atoms with Gasteiger partial charge in [0.05, 0.1) is 18.2 Å². The van der Waals surface area contributed by atoms with Crippen molar-refractivity contribution in [1.29, 1.82) is 5.26 Å². The Morgan fingerprint density at radius 2 is 1.69 bits per heavy atom. The second-order valence-electron chi connectivity index (χ2n) is 5.25. The van der Waals surface area contributed by atoms with Gasteiger partial charge in [0.15, 0.2) is 0 Å². The van der Waals surface area contributed by atoms with Crippen molar-refractivity contribution in [3.63, 3.8) is 0 Å². The van der Waals surface area contributed by atoms with Crippen molar-refractivity contribution in [3.8, 4) is 6.07 Å². The summed E-state index contributed by atoms with van der Waals surface area (Å²) in [5.74, 6) is 0. The summed E-state index contributed by atoms with van der Waals surface area (Å²) in [6.07, 6.45) is 0. The minimum Gasteiger partial charge on any atom is -0.759 e. The van der Waals surface area contributed by atoms with Crippen molar-refractivity contribution in [1.82, 2.24) is 8.43 Å². The largest absolute Gasteiger partial charge is 0.759 e. The van der Waals surface area contributed by atoms with Gasteiger partial charge in [-0.25, -0.2) is 0 Å². The predicted molar refractivity (Wildman–Crippen MR) is 95.7 cm³/mol. The number of hydrogen-bond acceptors (Lipinski definition) is 6. The molecule has 0 saturated carbocycles. The zero-order valence-corrected chi connectivity index (χ0v) is 15.3. The quantitative estimate of drug-likeness (QED) is 0.631. The third-order valence-electron chi connectivity index (χ3n) is 3.65. The second-order valence-corrected chi connectivity index (χ2v) is 8.03. The lowest BCUT2D eigenvalue weighted by Gasteiger charge is -2.25. The molecule has 138 valence electrons.